The van der Waals surface area contributed by atoms with Crippen LogP contribution in [0.25, 0.3) is 0 Å². The van der Waals surface area contributed by atoms with Gasteiger partial charge in [0.1, 0.15) is 0 Å². The molecule has 1 amide bonds. The van der Waals surface area contributed by atoms with E-state index in [9.17, 15) is 19.8 Å². The van der Waals surface area contributed by atoms with Crippen LogP contribution in [0.5, 0.6) is 0 Å². The van der Waals surface area contributed by atoms with Gasteiger partial charge in [-0.05, 0) is 51.4 Å². The molecule has 0 bridgehead atoms. The molecule has 0 aliphatic carbocycles. The SMILES string of the molecule is CCCCCCCCCCCCCCCCC(=O)OCCCCCCCCCCCCC/C=C\CCCCCCCCCC(=O)NC(CO)C(O)CCCCCCCCCCCCC. The molecule has 0 aliphatic heterocycles. The highest BCUT2D eigenvalue weighted by Gasteiger charge is 2.20. The summed E-state index contributed by atoms with van der Waals surface area (Å²) >= 11 is 0. The van der Waals surface area contributed by atoms with Crippen molar-refractivity contribution in [2.75, 3.05) is 13.2 Å². The van der Waals surface area contributed by atoms with Gasteiger partial charge in [0.25, 0.3) is 0 Å². The summed E-state index contributed by atoms with van der Waals surface area (Å²) < 4.78 is 5.48. The highest BCUT2D eigenvalue weighted by molar-refractivity contribution is 5.76. The molecule has 0 saturated heterocycles. The third-order valence-electron chi connectivity index (χ3n) is 13.6. The van der Waals surface area contributed by atoms with Gasteiger partial charge in [0.15, 0.2) is 0 Å². The largest absolute Gasteiger partial charge is 0.466 e. The molecular weight excluding hydrogens is 791 g/mol. The number of aliphatic hydroxyl groups excluding tert-OH is 2. The zero-order chi connectivity index (χ0) is 46.5. The standard InChI is InChI=1S/C58H113NO5/c1-3-5-7-9-11-13-15-16-28-32-36-40-44-48-52-58(63)64-53-49-45-41-37-33-29-26-24-22-20-18-17-19-21-23-25-27-31-35-39-43-47-51-57(62)59-55(54-60)56(61)50-46-42-38-34-30-14-12-10-8-6-4-2/h19,21,55-56,60-61H,3-18,20,22-54H2,1-2H3,(H,59,62)/b21-19-. The number of unbranched alkanes of at least 4 members (excludes halogenated alkanes) is 41. The predicted octanol–water partition coefficient (Wildman–Crippen LogP) is 17.7. The predicted molar refractivity (Wildman–Crippen MR) is 278 cm³/mol. The Morgan fingerprint density at radius 3 is 1.11 bits per heavy atom. The van der Waals surface area contributed by atoms with Crippen molar-refractivity contribution in [3.8, 4) is 0 Å². The van der Waals surface area contributed by atoms with Gasteiger partial charge in [-0.3, -0.25) is 9.59 Å². The molecule has 6 nitrogen and oxygen atoms in total. The van der Waals surface area contributed by atoms with Crippen molar-refractivity contribution in [2.24, 2.45) is 0 Å². The van der Waals surface area contributed by atoms with E-state index in [1.807, 2.05) is 0 Å². The van der Waals surface area contributed by atoms with Crippen molar-refractivity contribution in [3.63, 3.8) is 0 Å². The van der Waals surface area contributed by atoms with Crippen molar-refractivity contribution >= 4 is 11.9 Å². The maximum absolute atomic E-state index is 12.4. The van der Waals surface area contributed by atoms with Crippen LogP contribution in [0.1, 0.15) is 322 Å². The highest BCUT2D eigenvalue weighted by atomic mass is 16.5. The van der Waals surface area contributed by atoms with E-state index >= 15 is 0 Å². The maximum Gasteiger partial charge on any atom is 0.305 e. The van der Waals surface area contributed by atoms with Gasteiger partial charge in [-0.15, -0.1) is 0 Å². The average Bonchev–Trinajstić information content (AvgIpc) is 3.29. The van der Waals surface area contributed by atoms with Gasteiger partial charge in [0.2, 0.25) is 5.91 Å². The minimum atomic E-state index is -0.666. The summed E-state index contributed by atoms with van der Waals surface area (Å²) in [6, 6.07) is -0.544. The van der Waals surface area contributed by atoms with Gasteiger partial charge in [-0.2, -0.15) is 0 Å². The normalized spacial score (nSPS) is 12.6. The summed E-state index contributed by atoms with van der Waals surface area (Å²) in [4.78, 5) is 24.5. The first-order chi connectivity index (χ1) is 31.5. The summed E-state index contributed by atoms with van der Waals surface area (Å²) in [5, 5.41) is 23.2. The van der Waals surface area contributed by atoms with Crippen molar-refractivity contribution in [2.45, 2.75) is 334 Å². The molecule has 0 spiro atoms. The zero-order valence-corrected chi connectivity index (χ0v) is 43.3. The number of aliphatic hydroxyl groups is 2. The smallest absolute Gasteiger partial charge is 0.305 e. The Kier molecular flexibility index (Phi) is 53.0. The van der Waals surface area contributed by atoms with Gasteiger partial charge >= 0.3 is 5.97 Å². The van der Waals surface area contributed by atoms with Crippen LogP contribution >= 0.6 is 0 Å². The molecule has 6 heteroatoms. The number of nitrogens with one attached hydrogen (secondary N) is 1. The van der Waals surface area contributed by atoms with Crippen molar-refractivity contribution in [1.29, 1.82) is 0 Å². The molecule has 0 fully saturated rings. The Balaban J connectivity index is 3.38. The number of carbonyl (C=O) groups excluding carboxylic acids is 2. The number of hydrogen-bond donors (Lipinski definition) is 3. The molecule has 3 N–H and O–H groups in total. The fraction of sp³-hybridized carbons (Fsp3) is 0.931. The molecule has 0 aromatic rings. The minimum absolute atomic E-state index is 0.0125. The average molecular weight is 905 g/mol. The number of hydrogen-bond acceptors (Lipinski definition) is 5. The van der Waals surface area contributed by atoms with Crippen LogP contribution in [-0.4, -0.2) is 47.4 Å². The number of esters is 1. The van der Waals surface area contributed by atoms with Crippen molar-refractivity contribution in [3.05, 3.63) is 12.2 Å². The van der Waals surface area contributed by atoms with Crippen LogP contribution in [0.15, 0.2) is 12.2 Å². The molecule has 0 radical (unpaired) electrons. The zero-order valence-electron chi connectivity index (χ0n) is 43.3. The van der Waals surface area contributed by atoms with Crippen LogP contribution in [-0.2, 0) is 14.3 Å². The van der Waals surface area contributed by atoms with E-state index in [-0.39, 0.29) is 18.5 Å². The highest BCUT2D eigenvalue weighted by Crippen LogP contribution is 2.17. The number of rotatable bonds is 54. The molecule has 0 saturated carbocycles. The van der Waals surface area contributed by atoms with E-state index in [4.69, 9.17) is 4.74 Å². The van der Waals surface area contributed by atoms with E-state index in [1.54, 1.807) is 0 Å². The lowest BCUT2D eigenvalue weighted by Gasteiger charge is -2.22. The molecule has 2 unspecified atom stereocenters. The van der Waals surface area contributed by atoms with Gasteiger partial charge in [-0.25, -0.2) is 0 Å². The number of allylic oxidation sites excluding steroid dienone is 2. The Morgan fingerprint density at radius 1 is 0.422 bits per heavy atom. The van der Waals surface area contributed by atoms with Gasteiger partial charge < -0.3 is 20.3 Å². The Bertz CT molecular complexity index is 955. The molecule has 0 aliphatic rings. The quantitative estimate of drug-likeness (QED) is 0.0321. The summed E-state index contributed by atoms with van der Waals surface area (Å²) in [7, 11) is 0. The molecule has 2 atom stereocenters. The molecular formula is C58H113NO5. The molecule has 0 aromatic carbocycles. The fourth-order valence-corrected chi connectivity index (χ4v) is 9.11. The Morgan fingerprint density at radius 2 is 0.734 bits per heavy atom. The second-order valence-electron chi connectivity index (χ2n) is 20.0. The summed E-state index contributed by atoms with van der Waals surface area (Å²) in [6.07, 6.45) is 63.5. The Labute approximate surface area is 399 Å². The molecule has 64 heavy (non-hydrogen) atoms. The maximum atomic E-state index is 12.4. The Hall–Kier alpha value is -1.40. The summed E-state index contributed by atoms with van der Waals surface area (Å²) in [6.45, 7) is 4.95. The van der Waals surface area contributed by atoms with Gasteiger partial charge in [-0.1, -0.05) is 270 Å². The summed E-state index contributed by atoms with van der Waals surface area (Å²) in [5.74, 6) is -0.0294. The second-order valence-corrected chi connectivity index (χ2v) is 20.0. The molecule has 0 aromatic heterocycles. The molecule has 0 rings (SSSR count). The first kappa shape index (κ1) is 62.6. The van der Waals surface area contributed by atoms with Crippen LogP contribution in [0.4, 0.5) is 0 Å². The summed E-state index contributed by atoms with van der Waals surface area (Å²) in [5.41, 5.74) is 0. The van der Waals surface area contributed by atoms with E-state index in [2.05, 4.69) is 31.3 Å². The van der Waals surface area contributed by atoms with Crippen LogP contribution < -0.4 is 5.32 Å². The number of carbonyl (C=O) groups is 2. The van der Waals surface area contributed by atoms with E-state index in [1.165, 1.54) is 250 Å². The third kappa shape index (κ3) is 50.0. The second kappa shape index (κ2) is 54.2. The lowest BCUT2D eigenvalue weighted by Crippen LogP contribution is -2.45. The molecule has 0 heterocycles. The van der Waals surface area contributed by atoms with Crippen molar-refractivity contribution < 1.29 is 24.5 Å². The number of ether oxygens (including phenoxy) is 1. The van der Waals surface area contributed by atoms with Gasteiger partial charge in [0, 0.05) is 12.8 Å². The lowest BCUT2D eigenvalue weighted by molar-refractivity contribution is -0.143. The van der Waals surface area contributed by atoms with E-state index < -0.39 is 12.1 Å². The van der Waals surface area contributed by atoms with Crippen molar-refractivity contribution in [1.82, 2.24) is 5.32 Å². The van der Waals surface area contributed by atoms with E-state index in [0.717, 1.165) is 38.5 Å². The van der Waals surface area contributed by atoms with E-state index in [0.29, 0.717) is 25.9 Å². The van der Waals surface area contributed by atoms with Crippen LogP contribution in [0.3, 0.4) is 0 Å². The molecule has 380 valence electrons. The minimum Gasteiger partial charge on any atom is -0.466 e. The third-order valence-corrected chi connectivity index (χ3v) is 13.6. The lowest BCUT2D eigenvalue weighted by atomic mass is 10.0. The monoisotopic (exact) mass is 904 g/mol. The van der Waals surface area contributed by atoms with Gasteiger partial charge in [0.05, 0.1) is 25.4 Å². The topological polar surface area (TPSA) is 95.9 Å². The number of amides is 1. The first-order valence-electron chi connectivity index (χ1n) is 28.9. The van der Waals surface area contributed by atoms with Crippen LogP contribution in [0, 0.1) is 0 Å². The first-order valence-corrected chi connectivity index (χ1v) is 28.9. The fourth-order valence-electron chi connectivity index (χ4n) is 9.11. The van der Waals surface area contributed by atoms with Crippen LogP contribution in [0.2, 0.25) is 0 Å².